The highest BCUT2D eigenvalue weighted by molar-refractivity contribution is 7.23. The summed E-state index contributed by atoms with van der Waals surface area (Å²) in [4.78, 5) is 23.9. The second kappa shape index (κ2) is 10.0. The Kier molecular flexibility index (Phi) is 6.92. The molecule has 0 N–H and O–H groups in total. The number of halogens is 1. The number of fused-ring (bicyclic) bond motifs is 1. The van der Waals surface area contributed by atoms with Gasteiger partial charge in [-0.2, -0.15) is 0 Å². The van der Waals surface area contributed by atoms with Crippen LogP contribution in [-0.4, -0.2) is 41.2 Å². The van der Waals surface area contributed by atoms with Crippen molar-refractivity contribution in [1.82, 2.24) is 14.5 Å². The summed E-state index contributed by atoms with van der Waals surface area (Å²) in [5.41, 5.74) is 1.57. The third-order valence-corrected chi connectivity index (χ3v) is 6.61. The maximum Gasteiger partial charge on any atom is 0.233 e. The molecule has 0 atom stereocenters. The summed E-state index contributed by atoms with van der Waals surface area (Å²) in [6, 6.07) is 11.1. The van der Waals surface area contributed by atoms with Gasteiger partial charge in [0.25, 0.3) is 0 Å². The Morgan fingerprint density at radius 1 is 1.16 bits per heavy atom. The number of methoxy groups -OCH3 is 2. The lowest BCUT2D eigenvalue weighted by molar-refractivity contribution is -0.118. The molecule has 0 fully saturated rings. The maximum absolute atomic E-state index is 13.4. The maximum atomic E-state index is 13.4. The largest absolute Gasteiger partial charge is 0.497 e. The van der Waals surface area contributed by atoms with Crippen molar-refractivity contribution >= 4 is 44.2 Å². The number of ether oxygens (including phenoxy) is 2. The van der Waals surface area contributed by atoms with Gasteiger partial charge in [-0.25, -0.2) is 9.97 Å². The molecule has 0 spiro atoms. The lowest BCUT2D eigenvalue weighted by Crippen LogP contribution is -2.33. The zero-order valence-corrected chi connectivity index (χ0v) is 19.4. The van der Waals surface area contributed by atoms with Gasteiger partial charge in [-0.3, -0.25) is 9.69 Å². The van der Waals surface area contributed by atoms with E-state index >= 15 is 0 Å². The highest BCUT2D eigenvalue weighted by Crippen LogP contribution is 2.39. The molecule has 2 heterocycles. The topological polar surface area (TPSA) is 69.5 Å². The Labute approximate surface area is 195 Å². The summed E-state index contributed by atoms with van der Waals surface area (Å²) in [7, 11) is 3.22. The van der Waals surface area contributed by atoms with Crippen LogP contribution in [0.2, 0.25) is 5.02 Å². The number of amides is 1. The molecule has 0 aliphatic rings. The minimum absolute atomic E-state index is 0.0325. The first-order valence-electron chi connectivity index (χ1n) is 10.1. The lowest BCUT2D eigenvalue weighted by atomic mass is 10.1. The molecule has 0 unspecified atom stereocenters. The fraction of sp³-hybridized carbons (Fsp3) is 0.261. The Morgan fingerprint density at radius 2 is 1.97 bits per heavy atom. The summed E-state index contributed by atoms with van der Waals surface area (Å²) in [6.45, 7) is 1.27. The summed E-state index contributed by atoms with van der Waals surface area (Å²) in [5, 5.41) is 1.20. The molecule has 0 bridgehead atoms. The van der Waals surface area contributed by atoms with E-state index < -0.39 is 0 Å². The van der Waals surface area contributed by atoms with Gasteiger partial charge >= 0.3 is 0 Å². The van der Waals surface area contributed by atoms with Crippen LogP contribution in [-0.2, 0) is 17.8 Å². The van der Waals surface area contributed by atoms with Crippen LogP contribution in [0.15, 0.2) is 55.1 Å². The van der Waals surface area contributed by atoms with Gasteiger partial charge in [-0.05, 0) is 36.2 Å². The quantitative estimate of drug-likeness (QED) is 0.350. The second-order valence-corrected chi connectivity index (χ2v) is 8.53. The number of aromatic nitrogens is 3. The zero-order valence-electron chi connectivity index (χ0n) is 17.8. The molecular formula is C23H23ClN4O3S. The summed E-state index contributed by atoms with van der Waals surface area (Å²) >= 11 is 7.80. The Bertz CT molecular complexity index is 1190. The summed E-state index contributed by atoms with van der Waals surface area (Å²) in [6.07, 6.45) is 6.44. The first kappa shape index (κ1) is 22.1. The number of aryl methyl sites for hydroxylation is 1. The number of anilines is 1. The fourth-order valence-electron chi connectivity index (χ4n) is 3.39. The van der Waals surface area contributed by atoms with Gasteiger partial charge in [-0.1, -0.05) is 35.1 Å². The minimum Gasteiger partial charge on any atom is -0.497 e. The number of carbonyl (C=O) groups excluding carboxylic acids is 1. The highest BCUT2D eigenvalue weighted by Gasteiger charge is 2.22. The molecule has 4 aromatic rings. The van der Waals surface area contributed by atoms with Crippen molar-refractivity contribution in [2.45, 2.75) is 19.4 Å². The van der Waals surface area contributed by atoms with E-state index in [2.05, 4.69) is 4.98 Å². The van der Waals surface area contributed by atoms with E-state index in [1.165, 1.54) is 11.3 Å². The molecule has 166 valence electrons. The molecule has 32 heavy (non-hydrogen) atoms. The van der Waals surface area contributed by atoms with E-state index in [0.717, 1.165) is 29.0 Å². The van der Waals surface area contributed by atoms with Crippen molar-refractivity contribution in [2.24, 2.45) is 0 Å². The van der Waals surface area contributed by atoms with Crippen LogP contribution in [0.5, 0.6) is 11.5 Å². The average Bonchev–Trinajstić information content (AvgIpc) is 3.48. The van der Waals surface area contributed by atoms with Crippen LogP contribution in [0.4, 0.5) is 5.13 Å². The second-order valence-electron chi connectivity index (χ2n) is 7.15. The molecule has 0 radical (unpaired) electrons. The predicted octanol–water partition coefficient (Wildman–Crippen LogP) is 4.83. The fourth-order valence-corrected chi connectivity index (χ4v) is 4.69. The van der Waals surface area contributed by atoms with Crippen LogP contribution in [0.1, 0.15) is 12.0 Å². The zero-order chi connectivity index (χ0) is 22.5. The number of hydrogen-bond donors (Lipinski definition) is 0. The third kappa shape index (κ3) is 4.87. The minimum atomic E-state index is -0.0325. The number of rotatable bonds is 9. The summed E-state index contributed by atoms with van der Waals surface area (Å²) in [5.74, 6) is 1.36. The van der Waals surface area contributed by atoms with Crippen LogP contribution >= 0.6 is 22.9 Å². The molecule has 7 nitrogen and oxygen atoms in total. The van der Waals surface area contributed by atoms with E-state index in [1.807, 2.05) is 35.0 Å². The SMILES string of the molecule is COc1ccc(CC(=O)N(CCCn2ccnc2)c2nc3c(OC)ccc(Cl)c3s2)cc1. The number of carbonyl (C=O) groups is 1. The smallest absolute Gasteiger partial charge is 0.233 e. The van der Waals surface area contributed by atoms with Gasteiger partial charge in [0.05, 0.1) is 36.7 Å². The molecule has 0 saturated heterocycles. The molecule has 9 heteroatoms. The van der Waals surface area contributed by atoms with Crippen molar-refractivity contribution < 1.29 is 14.3 Å². The van der Waals surface area contributed by atoms with Gasteiger partial charge in [0.15, 0.2) is 5.13 Å². The molecule has 0 aliphatic heterocycles. The molecule has 4 rings (SSSR count). The van der Waals surface area contributed by atoms with Crippen LogP contribution in [0, 0.1) is 0 Å². The first-order valence-corrected chi connectivity index (χ1v) is 11.3. The molecule has 0 saturated carbocycles. The van der Waals surface area contributed by atoms with Crippen molar-refractivity contribution in [3.05, 3.63) is 65.7 Å². The third-order valence-electron chi connectivity index (χ3n) is 5.07. The van der Waals surface area contributed by atoms with Gasteiger partial charge in [0.1, 0.15) is 17.0 Å². The molecular weight excluding hydrogens is 448 g/mol. The number of hydrogen-bond acceptors (Lipinski definition) is 6. The van der Waals surface area contributed by atoms with Crippen LogP contribution < -0.4 is 14.4 Å². The van der Waals surface area contributed by atoms with Crippen LogP contribution in [0.3, 0.4) is 0 Å². The Balaban J connectivity index is 1.61. The number of benzene rings is 2. The van der Waals surface area contributed by atoms with Crippen molar-refractivity contribution in [1.29, 1.82) is 0 Å². The Morgan fingerprint density at radius 3 is 2.66 bits per heavy atom. The van der Waals surface area contributed by atoms with Gasteiger partial charge in [0.2, 0.25) is 5.91 Å². The van der Waals surface area contributed by atoms with Crippen molar-refractivity contribution in [2.75, 3.05) is 25.7 Å². The lowest BCUT2D eigenvalue weighted by Gasteiger charge is -2.20. The van der Waals surface area contributed by atoms with E-state index in [4.69, 9.17) is 26.1 Å². The van der Waals surface area contributed by atoms with E-state index in [1.54, 1.807) is 43.8 Å². The number of imidazole rings is 1. The van der Waals surface area contributed by atoms with Gasteiger partial charge in [0, 0.05) is 25.5 Å². The van der Waals surface area contributed by atoms with Crippen molar-refractivity contribution in [3.63, 3.8) is 0 Å². The highest BCUT2D eigenvalue weighted by atomic mass is 35.5. The molecule has 2 aromatic carbocycles. The van der Waals surface area contributed by atoms with Crippen molar-refractivity contribution in [3.8, 4) is 11.5 Å². The van der Waals surface area contributed by atoms with Gasteiger partial charge in [-0.15, -0.1) is 0 Å². The first-order chi connectivity index (χ1) is 15.6. The predicted molar refractivity (Wildman–Crippen MR) is 127 cm³/mol. The normalized spacial score (nSPS) is 11.0. The Hall–Kier alpha value is -3.10. The number of thiazole rings is 1. The van der Waals surface area contributed by atoms with Gasteiger partial charge < -0.3 is 14.0 Å². The standard InChI is InChI=1S/C23H23ClN4O3S/c1-30-17-6-4-16(5-7-17)14-20(29)28(12-3-11-27-13-10-25-15-27)23-26-21-19(31-2)9-8-18(24)22(21)32-23/h4-10,13,15H,3,11-12,14H2,1-2H3. The van der Waals surface area contributed by atoms with E-state index in [0.29, 0.717) is 28.0 Å². The van der Waals surface area contributed by atoms with E-state index in [9.17, 15) is 4.79 Å². The van der Waals surface area contributed by atoms with Crippen LogP contribution in [0.25, 0.3) is 10.2 Å². The molecule has 2 aromatic heterocycles. The monoisotopic (exact) mass is 470 g/mol. The number of nitrogens with zero attached hydrogens (tertiary/aromatic N) is 4. The summed E-state index contributed by atoms with van der Waals surface area (Å²) < 4.78 is 13.4. The molecule has 0 aliphatic carbocycles. The van der Waals surface area contributed by atoms with E-state index in [-0.39, 0.29) is 12.3 Å². The average molecular weight is 471 g/mol. The molecule has 1 amide bonds.